The van der Waals surface area contributed by atoms with Gasteiger partial charge in [-0.2, -0.15) is 0 Å². The van der Waals surface area contributed by atoms with Crippen LogP contribution in [0.25, 0.3) is 0 Å². The second kappa shape index (κ2) is 6.77. The molecule has 1 saturated carbocycles. The molecule has 126 valence electrons. The Morgan fingerprint density at radius 3 is 2.71 bits per heavy atom. The van der Waals surface area contributed by atoms with Crippen LogP contribution in [0.1, 0.15) is 47.5 Å². The Kier molecular flexibility index (Phi) is 4.71. The average Bonchev–Trinajstić information content (AvgIpc) is 3.22. The van der Waals surface area contributed by atoms with Crippen LogP contribution in [0.5, 0.6) is 0 Å². The van der Waals surface area contributed by atoms with Gasteiger partial charge in [-0.25, -0.2) is 0 Å². The number of rotatable bonds is 5. The van der Waals surface area contributed by atoms with Crippen molar-refractivity contribution in [3.63, 3.8) is 0 Å². The van der Waals surface area contributed by atoms with E-state index >= 15 is 0 Å². The first kappa shape index (κ1) is 16.7. The predicted octanol–water partition coefficient (Wildman–Crippen LogP) is 4.00. The first-order valence-electron chi connectivity index (χ1n) is 8.18. The van der Waals surface area contributed by atoms with E-state index in [0.29, 0.717) is 5.92 Å². The van der Waals surface area contributed by atoms with E-state index in [4.69, 9.17) is 0 Å². The zero-order valence-corrected chi connectivity index (χ0v) is 14.9. The molecule has 1 aliphatic carbocycles. The van der Waals surface area contributed by atoms with Gasteiger partial charge in [0.1, 0.15) is 0 Å². The summed E-state index contributed by atoms with van der Waals surface area (Å²) in [4.78, 5) is 26.2. The number of anilines is 1. The van der Waals surface area contributed by atoms with E-state index in [1.54, 1.807) is 11.3 Å². The smallest absolute Gasteiger partial charge is 0.224 e. The van der Waals surface area contributed by atoms with E-state index in [0.717, 1.165) is 17.7 Å². The second-order valence-electron chi connectivity index (χ2n) is 6.43. The van der Waals surface area contributed by atoms with Crippen LogP contribution in [0.2, 0.25) is 0 Å². The molecular weight excluding hydrogens is 320 g/mol. The molecule has 1 aliphatic rings. The monoisotopic (exact) mass is 342 g/mol. The number of hydrogen-bond acceptors (Lipinski definition) is 3. The van der Waals surface area contributed by atoms with Gasteiger partial charge in [0.05, 0.1) is 6.04 Å². The molecule has 3 atom stereocenters. The summed E-state index contributed by atoms with van der Waals surface area (Å²) in [6.07, 6.45) is 0.935. The fourth-order valence-electron chi connectivity index (χ4n) is 2.94. The lowest BCUT2D eigenvalue weighted by Gasteiger charge is -2.15. The summed E-state index contributed by atoms with van der Waals surface area (Å²) in [7, 11) is 0. The highest BCUT2D eigenvalue weighted by atomic mass is 32.1. The number of carbonyl (C=O) groups is 2. The van der Waals surface area contributed by atoms with Gasteiger partial charge in [0, 0.05) is 34.2 Å². The van der Waals surface area contributed by atoms with Gasteiger partial charge in [-0.1, -0.05) is 12.1 Å². The van der Waals surface area contributed by atoms with E-state index in [-0.39, 0.29) is 23.8 Å². The Bertz CT molecular complexity index is 768. The van der Waals surface area contributed by atoms with Crippen molar-refractivity contribution in [1.82, 2.24) is 5.32 Å². The summed E-state index contributed by atoms with van der Waals surface area (Å²) < 4.78 is 0. The zero-order valence-electron chi connectivity index (χ0n) is 14.1. The van der Waals surface area contributed by atoms with Gasteiger partial charge in [-0.3, -0.25) is 9.59 Å². The Balaban J connectivity index is 1.60. The standard InChI is InChI=1S/C19H22N2O2S/c1-11-7-8-18(24-11)16-10-17(16)19(23)20-12(2)14-5-4-6-15(9-14)21-13(3)22/h4-9,12,16-17H,10H2,1-3H3,(H,20,23)(H,21,22)/t12-,16+,17+/m0/s1. The van der Waals surface area contributed by atoms with Crippen LogP contribution in [-0.4, -0.2) is 11.8 Å². The van der Waals surface area contributed by atoms with E-state index in [2.05, 4.69) is 29.7 Å². The third-order valence-corrected chi connectivity index (χ3v) is 5.45. The molecule has 2 aromatic rings. The van der Waals surface area contributed by atoms with E-state index in [1.165, 1.54) is 16.7 Å². The summed E-state index contributed by atoms with van der Waals surface area (Å²) >= 11 is 1.78. The number of aryl methyl sites for hydroxylation is 1. The maximum Gasteiger partial charge on any atom is 0.224 e. The largest absolute Gasteiger partial charge is 0.349 e. The number of nitrogens with one attached hydrogen (secondary N) is 2. The summed E-state index contributed by atoms with van der Waals surface area (Å²) in [5.41, 5.74) is 1.73. The molecule has 0 bridgehead atoms. The molecule has 1 aromatic heterocycles. The molecule has 24 heavy (non-hydrogen) atoms. The number of amides is 2. The van der Waals surface area contributed by atoms with Crippen molar-refractivity contribution in [1.29, 1.82) is 0 Å². The van der Waals surface area contributed by atoms with E-state index in [9.17, 15) is 9.59 Å². The number of thiophene rings is 1. The lowest BCUT2D eigenvalue weighted by Crippen LogP contribution is -2.28. The van der Waals surface area contributed by atoms with Crippen molar-refractivity contribution in [2.45, 2.75) is 39.2 Å². The van der Waals surface area contributed by atoms with Crippen molar-refractivity contribution >= 4 is 28.8 Å². The third-order valence-electron chi connectivity index (χ3n) is 4.32. The maximum atomic E-state index is 12.5. The molecule has 0 unspecified atom stereocenters. The van der Waals surface area contributed by atoms with Crippen molar-refractivity contribution < 1.29 is 9.59 Å². The van der Waals surface area contributed by atoms with Crippen LogP contribution < -0.4 is 10.6 Å². The summed E-state index contributed by atoms with van der Waals surface area (Å²) in [6.45, 7) is 5.55. The lowest BCUT2D eigenvalue weighted by molar-refractivity contribution is -0.123. The molecule has 4 nitrogen and oxygen atoms in total. The summed E-state index contributed by atoms with van der Waals surface area (Å²) in [6, 6.07) is 11.8. The highest BCUT2D eigenvalue weighted by molar-refractivity contribution is 7.12. The molecule has 3 rings (SSSR count). The van der Waals surface area contributed by atoms with Gasteiger partial charge in [0.25, 0.3) is 0 Å². The maximum absolute atomic E-state index is 12.5. The quantitative estimate of drug-likeness (QED) is 0.863. The first-order valence-corrected chi connectivity index (χ1v) is 9.00. The average molecular weight is 342 g/mol. The molecule has 0 spiro atoms. The highest BCUT2D eigenvalue weighted by Crippen LogP contribution is 2.49. The van der Waals surface area contributed by atoms with E-state index < -0.39 is 0 Å². The number of hydrogen-bond donors (Lipinski definition) is 2. The fraction of sp³-hybridized carbons (Fsp3) is 0.368. The molecule has 0 radical (unpaired) electrons. The topological polar surface area (TPSA) is 58.2 Å². The van der Waals surface area contributed by atoms with Gasteiger partial charge in [0.15, 0.2) is 0 Å². The van der Waals surface area contributed by atoms with Crippen LogP contribution in [-0.2, 0) is 9.59 Å². The zero-order chi connectivity index (χ0) is 17.3. The van der Waals surface area contributed by atoms with Crippen molar-refractivity contribution in [2.24, 2.45) is 5.92 Å². The minimum absolute atomic E-state index is 0.0856. The minimum atomic E-state index is -0.101. The van der Waals surface area contributed by atoms with Gasteiger partial charge in [-0.05, 0) is 50.1 Å². The predicted molar refractivity (Wildman–Crippen MR) is 97.2 cm³/mol. The number of carbonyl (C=O) groups excluding carboxylic acids is 2. The van der Waals surface area contributed by atoms with Gasteiger partial charge >= 0.3 is 0 Å². The van der Waals surface area contributed by atoms with Gasteiger partial charge in [0.2, 0.25) is 11.8 Å². The molecule has 1 heterocycles. The Morgan fingerprint density at radius 2 is 2.04 bits per heavy atom. The molecule has 5 heteroatoms. The minimum Gasteiger partial charge on any atom is -0.349 e. The highest BCUT2D eigenvalue weighted by Gasteiger charge is 2.44. The normalized spacial score (nSPS) is 20.3. The Labute approximate surface area is 146 Å². The molecule has 1 fully saturated rings. The Morgan fingerprint density at radius 1 is 1.25 bits per heavy atom. The second-order valence-corrected chi connectivity index (χ2v) is 7.75. The summed E-state index contributed by atoms with van der Waals surface area (Å²) in [5, 5.41) is 5.87. The third kappa shape index (κ3) is 3.85. The van der Waals surface area contributed by atoms with Crippen molar-refractivity contribution in [3.8, 4) is 0 Å². The molecule has 1 aromatic carbocycles. The SMILES string of the molecule is CC(=O)Nc1cccc([C@H](C)NC(=O)[C@@H]2C[C@H]2c2ccc(C)s2)c1. The first-order chi connectivity index (χ1) is 11.4. The van der Waals surface area contributed by atoms with Crippen LogP contribution in [0.4, 0.5) is 5.69 Å². The summed E-state index contributed by atoms with van der Waals surface area (Å²) in [5.74, 6) is 0.477. The molecule has 2 amide bonds. The van der Waals surface area contributed by atoms with Crippen LogP contribution in [0, 0.1) is 12.8 Å². The van der Waals surface area contributed by atoms with Gasteiger partial charge in [-0.15, -0.1) is 11.3 Å². The molecular formula is C19H22N2O2S. The molecule has 2 N–H and O–H groups in total. The molecule has 0 aliphatic heterocycles. The van der Waals surface area contributed by atoms with E-state index in [1.807, 2.05) is 31.2 Å². The van der Waals surface area contributed by atoms with Crippen LogP contribution >= 0.6 is 11.3 Å². The van der Waals surface area contributed by atoms with Crippen LogP contribution in [0.15, 0.2) is 36.4 Å². The van der Waals surface area contributed by atoms with Crippen molar-refractivity contribution in [2.75, 3.05) is 5.32 Å². The molecule has 0 saturated heterocycles. The fourth-order valence-corrected chi connectivity index (χ4v) is 4.00. The lowest BCUT2D eigenvalue weighted by atomic mass is 10.1. The van der Waals surface area contributed by atoms with Gasteiger partial charge < -0.3 is 10.6 Å². The van der Waals surface area contributed by atoms with Crippen molar-refractivity contribution in [3.05, 3.63) is 51.7 Å². The van der Waals surface area contributed by atoms with Crippen LogP contribution in [0.3, 0.4) is 0 Å². The number of benzene rings is 1. The Hall–Kier alpha value is -2.14.